The van der Waals surface area contributed by atoms with Crippen molar-refractivity contribution in [3.8, 4) is 0 Å². The maximum absolute atomic E-state index is 11.8. The molecule has 1 aromatic rings. The summed E-state index contributed by atoms with van der Waals surface area (Å²) in [5, 5.41) is 15.1. The Morgan fingerprint density at radius 3 is 2.79 bits per heavy atom. The van der Waals surface area contributed by atoms with Gasteiger partial charge in [-0.15, -0.1) is 10.2 Å². The molecule has 1 aliphatic rings. The van der Waals surface area contributed by atoms with Gasteiger partial charge in [-0.1, -0.05) is 36.9 Å². The van der Waals surface area contributed by atoms with Gasteiger partial charge in [-0.05, 0) is 25.7 Å². The molecule has 5 nitrogen and oxygen atoms in total. The van der Waals surface area contributed by atoms with Crippen LogP contribution in [0.5, 0.6) is 0 Å². The highest BCUT2D eigenvalue weighted by atomic mass is 32.2. The minimum Gasteiger partial charge on any atom is -0.360 e. The van der Waals surface area contributed by atoms with Crippen LogP contribution in [0.3, 0.4) is 0 Å². The first-order valence-corrected chi connectivity index (χ1v) is 8.28. The van der Waals surface area contributed by atoms with Crippen LogP contribution in [0.1, 0.15) is 33.6 Å². The number of thioether (sulfide) groups is 1. The number of carbonyl (C=O) groups excluding carboxylic acids is 1. The molecule has 0 unspecified atom stereocenters. The van der Waals surface area contributed by atoms with Gasteiger partial charge in [0.05, 0.1) is 5.25 Å². The standard InChI is InChI=1S/C12H20N4OS2/c1-7(2)6-13-11-15-16-12(19-11)18-8(3)10(17)14-9-4-5-9/h7-9H,4-6H2,1-3H3,(H,13,15)(H,14,17)/t8-/m1/s1. The minimum atomic E-state index is -0.119. The summed E-state index contributed by atoms with van der Waals surface area (Å²) < 4.78 is 0.838. The summed E-state index contributed by atoms with van der Waals surface area (Å²) in [6.45, 7) is 7.09. The first-order chi connectivity index (χ1) is 9.04. The number of amides is 1. The van der Waals surface area contributed by atoms with E-state index in [9.17, 15) is 4.79 Å². The van der Waals surface area contributed by atoms with Gasteiger partial charge in [0, 0.05) is 12.6 Å². The van der Waals surface area contributed by atoms with E-state index in [2.05, 4.69) is 34.7 Å². The quantitative estimate of drug-likeness (QED) is 0.757. The third kappa shape index (κ3) is 4.99. The molecule has 1 amide bonds. The first-order valence-electron chi connectivity index (χ1n) is 6.59. The lowest BCUT2D eigenvalue weighted by molar-refractivity contribution is -0.120. The molecule has 2 rings (SSSR count). The summed E-state index contributed by atoms with van der Waals surface area (Å²) in [5.74, 6) is 0.669. The number of anilines is 1. The second-order valence-corrected chi connectivity index (χ2v) is 7.76. The highest BCUT2D eigenvalue weighted by Gasteiger charge is 2.26. The van der Waals surface area contributed by atoms with E-state index in [1.807, 2.05) is 6.92 Å². The Morgan fingerprint density at radius 2 is 2.16 bits per heavy atom. The molecule has 1 fully saturated rings. The zero-order valence-corrected chi connectivity index (χ0v) is 13.1. The molecule has 1 heterocycles. The second-order valence-electron chi connectivity index (χ2n) is 5.19. The van der Waals surface area contributed by atoms with Gasteiger partial charge in [0.15, 0.2) is 4.34 Å². The van der Waals surface area contributed by atoms with Gasteiger partial charge in [-0.2, -0.15) is 0 Å². The second kappa shape index (κ2) is 6.56. The van der Waals surface area contributed by atoms with E-state index in [1.54, 1.807) is 0 Å². The fraction of sp³-hybridized carbons (Fsp3) is 0.750. The van der Waals surface area contributed by atoms with Gasteiger partial charge in [-0.25, -0.2) is 0 Å². The number of nitrogens with zero attached hydrogens (tertiary/aromatic N) is 2. The summed E-state index contributed by atoms with van der Waals surface area (Å²) in [7, 11) is 0. The topological polar surface area (TPSA) is 66.9 Å². The normalized spacial score (nSPS) is 16.4. The largest absolute Gasteiger partial charge is 0.360 e. The van der Waals surface area contributed by atoms with Crippen molar-refractivity contribution < 1.29 is 4.79 Å². The Morgan fingerprint density at radius 1 is 1.42 bits per heavy atom. The maximum Gasteiger partial charge on any atom is 0.233 e. The molecule has 106 valence electrons. The Bertz CT molecular complexity index is 431. The van der Waals surface area contributed by atoms with Crippen LogP contribution in [0.15, 0.2) is 4.34 Å². The fourth-order valence-electron chi connectivity index (χ4n) is 1.37. The summed E-state index contributed by atoms with van der Waals surface area (Å²) in [6.07, 6.45) is 2.23. The van der Waals surface area contributed by atoms with Crippen LogP contribution in [0.25, 0.3) is 0 Å². The number of hydrogen-bond acceptors (Lipinski definition) is 6. The zero-order valence-electron chi connectivity index (χ0n) is 11.5. The summed E-state index contributed by atoms with van der Waals surface area (Å²) in [4.78, 5) is 11.8. The van der Waals surface area contributed by atoms with Gasteiger partial charge < -0.3 is 10.6 Å². The van der Waals surface area contributed by atoms with Crippen molar-refractivity contribution in [3.05, 3.63) is 0 Å². The highest BCUT2D eigenvalue weighted by molar-refractivity contribution is 8.02. The molecule has 1 saturated carbocycles. The summed E-state index contributed by atoms with van der Waals surface area (Å²) in [6, 6.07) is 0.410. The van der Waals surface area contributed by atoms with Crippen molar-refractivity contribution in [1.82, 2.24) is 15.5 Å². The van der Waals surface area contributed by atoms with Crippen molar-refractivity contribution in [3.63, 3.8) is 0 Å². The molecule has 1 atom stereocenters. The van der Waals surface area contributed by atoms with E-state index in [-0.39, 0.29) is 11.2 Å². The number of carbonyl (C=O) groups is 1. The lowest BCUT2D eigenvalue weighted by atomic mass is 10.2. The van der Waals surface area contributed by atoms with Gasteiger partial charge in [-0.3, -0.25) is 4.79 Å². The number of aromatic nitrogens is 2. The lowest BCUT2D eigenvalue weighted by Gasteiger charge is -2.08. The van der Waals surface area contributed by atoms with E-state index in [1.165, 1.54) is 23.1 Å². The van der Waals surface area contributed by atoms with Crippen LogP contribution in [-0.4, -0.2) is 33.9 Å². The molecule has 0 aliphatic heterocycles. The molecular formula is C12H20N4OS2. The Hall–Kier alpha value is -0.820. The summed E-state index contributed by atoms with van der Waals surface area (Å²) in [5.41, 5.74) is 0. The van der Waals surface area contributed by atoms with Gasteiger partial charge in [0.2, 0.25) is 11.0 Å². The predicted octanol–water partition coefficient (Wildman–Crippen LogP) is 2.37. The molecule has 0 aromatic carbocycles. The third-order valence-corrected chi connectivity index (χ3v) is 4.70. The van der Waals surface area contributed by atoms with Crippen molar-refractivity contribution in [2.75, 3.05) is 11.9 Å². The van der Waals surface area contributed by atoms with E-state index in [0.717, 1.165) is 28.9 Å². The van der Waals surface area contributed by atoms with Crippen molar-refractivity contribution in [2.24, 2.45) is 5.92 Å². The van der Waals surface area contributed by atoms with Crippen LogP contribution >= 0.6 is 23.1 Å². The van der Waals surface area contributed by atoms with Crippen LogP contribution in [0, 0.1) is 5.92 Å². The monoisotopic (exact) mass is 300 g/mol. The average Bonchev–Trinajstić information content (AvgIpc) is 3.05. The third-order valence-electron chi connectivity index (χ3n) is 2.64. The molecule has 1 aliphatic carbocycles. The van der Waals surface area contributed by atoms with Gasteiger partial charge in [0.1, 0.15) is 0 Å². The Labute approximate surface area is 122 Å². The van der Waals surface area contributed by atoms with Crippen molar-refractivity contribution >= 4 is 34.1 Å². The number of hydrogen-bond donors (Lipinski definition) is 2. The lowest BCUT2D eigenvalue weighted by Crippen LogP contribution is -2.32. The predicted molar refractivity (Wildman–Crippen MR) is 79.7 cm³/mol. The van der Waals surface area contributed by atoms with E-state index in [4.69, 9.17) is 0 Å². The Kier molecular flexibility index (Phi) is 5.04. The first kappa shape index (κ1) is 14.6. The molecule has 0 bridgehead atoms. The number of rotatable bonds is 7. The van der Waals surface area contributed by atoms with E-state index in [0.29, 0.717) is 12.0 Å². The van der Waals surface area contributed by atoms with Crippen molar-refractivity contribution in [2.45, 2.75) is 49.2 Å². The van der Waals surface area contributed by atoms with Crippen LogP contribution in [-0.2, 0) is 4.79 Å². The van der Waals surface area contributed by atoms with Gasteiger partial charge in [0.25, 0.3) is 0 Å². The molecule has 0 spiro atoms. The summed E-state index contributed by atoms with van der Waals surface area (Å²) >= 11 is 2.97. The molecular weight excluding hydrogens is 280 g/mol. The maximum atomic E-state index is 11.8. The van der Waals surface area contributed by atoms with E-state index < -0.39 is 0 Å². The van der Waals surface area contributed by atoms with Crippen LogP contribution in [0.4, 0.5) is 5.13 Å². The fourth-order valence-corrected chi connectivity index (χ4v) is 3.28. The molecule has 19 heavy (non-hydrogen) atoms. The average molecular weight is 300 g/mol. The zero-order chi connectivity index (χ0) is 13.8. The highest BCUT2D eigenvalue weighted by Crippen LogP contribution is 2.29. The molecule has 7 heteroatoms. The van der Waals surface area contributed by atoms with Crippen LogP contribution in [0.2, 0.25) is 0 Å². The van der Waals surface area contributed by atoms with Crippen LogP contribution < -0.4 is 10.6 Å². The Balaban J connectivity index is 1.79. The number of nitrogens with one attached hydrogen (secondary N) is 2. The molecule has 0 saturated heterocycles. The van der Waals surface area contributed by atoms with E-state index >= 15 is 0 Å². The smallest absolute Gasteiger partial charge is 0.233 e. The molecule has 0 radical (unpaired) electrons. The minimum absolute atomic E-state index is 0.0967. The molecule has 1 aromatic heterocycles. The molecule has 2 N–H and O–H groups in total. The SMILES string of the molecule is CC(C)CNc1nnc(S[C@H](C)C(=O)NC2CC2)s1. The van der Waals surface area contributed by atoms with Crippen molar-refractivity contribution in [1.29, 1.82) is 0 Å². The van der Waals surface area contributed by atoms with Gasteiger partial charge >= 0.3 is 0 Å².